The molecule has 0 aliphatic rings. The Labute approximate surface area is 162 Å². The standard InChI is InChI=1S/C20H23F3N4O/c1-24-18(28)16-8-4-14(5-9-16)12-26-19(25-2)27(3)13-15-6-10-17(11-7-15)20(21,22)23/h4-11H,12-13H2,1-3H3,(H,24,28)(H,25,26). The predicted molar refractivity (Wildman–Crippen MR) is 103 cm³/mol. The molecule has 0 aliphatic heterocycles. The molecule has 8 heteroatoms. The zero-order valence-electron chi connectivity index (χ0n) is 16.0. The number of aliphatic imine (C=N–C) groups is 1. The van der Waals surface area contributed by atoms with Crippen LogP contribution in [-0.4, -0.2) is 37.9 Å². The van der Waals surface area contributed by atoms with Gasteiger partial charge in [-0.15, -0.1) is 0 Å². The Morgan fingerprint density at radius 2 is 1.61 bits per heavy atom. The second kappa shape index (κ2) is 9.25. The lowest BCUT2D eigenvalue weighted by atomic mass is 10.1. The minimum Gasteiger partial charge on any atom is -0.355 e. The molecule has 0 radical (unpaired) electrons. The molecule has 0 heterocycles. The van der Waals surface area contributed by atoms with E-state index in [1.165, 1.54) is 12.1 Å². The van der Waals surface area contributed by atoms with E-state index in [0.29, 0.717) is 24.6 Å². The maximum atomic E-state index is 12.7. The van der Waals surface area contributed by atoms with Crippen LogP contribution in [0.2, 0.25) is 0 Å². The first-order chi connectivity index (χ1) is 13.2. The van der Waals surface area contributed by atoms with Crippen LogP contribution in [0.5, 0.6) is 0 Å². The van der Waals surface area contributed by atoms with Crippen LogP contribution >= 0.6 is 0 Å². The Kier molecular flexibility index (Phi) is 7.03. The Balaban J connectivity index is 1.94. The van der Waals surface area contributed by atoms with Crippen molar-refractivity contribution >= 4 is 11.9 Å². The van der Waals surface area contributed by atoms with E-state index < -0.39 is 11.7 Å². The van der Waals surface area contributed by atoms with Crippen molar-refractivity contribution in [1.82, 2.24) is 15.5 Å². The van der Waals surface area contributed by atoms with Crippen molar-refractivity contribution in [3.8, 4) is 0 Å². The second-order valence-corrected chi connectivity index (χ2v) is 6.23. The lowest BCUT2D eigenvalue weighted by molar-refractivity contribution is -0.137. The van der Waals surface area contributed by atoms with Gasteiger partial charge in [0.15, 0.2) is 5.96 Å². The van der Waals surface area contributed by atoms with Crippen molar-refractivity contribution in [2.24, 2.45) is 4.99 Å². The number of hydrogen-bond donors (Lipinski definition) is 2. The van der Waals surface area contributed by atoms with Crippen LogP contribution in [0.1, 0.15) is 27.0 Å². The fourth-order valence-corrected chi connectivity index (χ4v) is 2.63. The highest BCUT2D eigenvalue weighted by Crippen LogP contribution is 2.29. The van der Waals surface area contributed by atoms with Gasteiger partial charge in [-0.05, 0) is 35.4 Å². The maximum Gasteiger partial charge on any atom is 0.416 e. The van der Waals surface area contributed by atoms with E-state index in [-0.39, 0.29) is 5.91 Å². The molecule has 1 amide bonds. The molecule has 5 nitrogen and oxygen atoms in total. The molecule has 150 valence electrons. The van der Waals surface area contributed by atoms with Crippen LogP contribution < -0.4 is 10.6 Å². The molecule has 0 aromatic heterocycles. The first-order valence-electron chi connectivity index (χ1n) is 8.63. The summed E-state index contributed by atoms with van der Waals surface area (Å²) in [4.78, 5) is 17.6. The van der Waals surface area contributed by atoms with Gasteiger partial charge >= 0.3 is 6.18 Å². The van der Waals surface area contributed by atoms with Crippen LogP contribution in [0.15, 0.2) is 53.5 Å². The molecule has 0 spiro atoms. The molecular formula is C20H23F3N4O. The van der Waals surface area contributed by atoms with Gasteiger partial charge in [-0.3, -0.25) is 9.79 Å². The Morgan fingerprint density at radius 3 is 2.11 bits per heavy atom. The average Bonchev–Trinajstić information content (AvgIpc) is 2.68. The zero-order chi connectivity index (χ0) is 20.7. The van der Waals surface area contributed by atoms with Crippen LogP contribution in [0.25, 0.3) is 0 Å². The molecule has 0 fully saturated rings. The number of rotatable bonds is 5. The highest BCUT2D eigenvalue weighted by Gasteiger charge is 2.29. The fourth-order valence-electron chi connectivity index (χ4n) is 2.63. The van der Waals surface area contributed by atoms with Crippen LogP contribution in [0.3, 0.4) is 0 Å². The summed E-state index contributed by atoms with van der Waals surface area (Å²) >= 11 is 0. The summed E-state index contributed by atoms with van der Waals surface area (Å²) < 4.78 is 38.0. The lowest BCUT2D eigenvalue weighted by Crippen LogP contribution is -2.38. The molecule has 0 atom stereocenters. The van der Waals surface area contributed by atoms with Crippen molar-refractivity contribution in [3.63, 3.8) is 0 Å². The Bertz CT molecular complexity index is 815. The first kappa shape index (κ1) is 21.3. The number of alkyl halides is 3. The summed E-state index contributed by atoms with van der Waals surface area (Å²) in [7, 11) is 5.02. The van der Waals surface area contributed by atoms with Crippen LogP contribution in [0, 0.1) is 0 Å². The number of nitrogens with one attached hydrogen (secondary N) is 2. The van der Waals surface area contributed by atoms with Gasteiger partial charge in [0.05, 0.1) is 5.56 Å². The largest absolute Gasteiger partial charge is 0.416 e. The van der Waals surface area contributed by atoms with E-state index in [0.717, 1.165) is 23.3 Å². The summed E-state index contributed by atoms with van der Waals surface area (Å²) in [6.45, 7) is 0.908. The lowest BCUT2D eigenvalue weighted by Gasteiger charge is -2.22. The number of nitrogens with zero attached hydrogens (tertiary/aromatic N) is 2. The number of amides is 1. The monoisotopic (exact) mass is 392 g/mol. The maximum absolute atomic E-state index is 12.7. The second-order valence-electron chi connectivity index (χ2n) is 6.23. The third-order valence-electron chi connectivity index (χ3n) is 4.17. The Hall–Kier alpha value is -3.03. The normalized spacial score (nSPS) is 11.9. The topological polar surface area (TPSA) is 56.7 Å². The van der Waals surface area contributed by atoms with E-state index in [1.807, 2.05) is 24.1 Å². The third-order valence-corrected chi connectivity index (χ3v) is 4.17. The van der Waals surface area contributed by atoms with Gasteiger partial charge in [-0.2, -0.15) is 13.2 Å². The molecule has 2 aromatic rings. The van der Waals surface area contributed by atoms with Crippen molar-refractivity contribution in [2.75, 3.05) is 21.1 Å². The summed E-state index contributed by atoms with van der Waals surface area (Å²) in [6, 6.07) is 12.3. The molecule has 0 aliphatic carbocycles. The summed E-state index contributed by atoms with van der Waals surface area (Å²) in [5.74, 6) is 0.460. The predicted octanol–water partition coefficient (Wildman–Crippen LogP) is 3.27. The van der Waals surface area contributed by atoms with Crippen molar-refractivity contribution in [2.45, 2.75) is 19.3 Å². The number of carbonyl (C=O) groups excluding carboxylic acids is 1. The molecule has 2 rings (SSSR count). The van der Waals surface area contributed by atoms with Crippen molar-refractivity contribution < 1.29 is 18.0 Å². The van der Waals surface area contributed by atoms with Gasteiger partial charge in [0, 0.05) is 39.8 Å². The average molecular weight is 392 g/mol. The van der Waals surface area contributed by atoms with E-state index in [2.05, 4.69) is 15.6 Å². The molecule has 2 aromatic carbocycles. The molecule has 2 N–H and O–H groups in total. The van der Waals surface area contributed by atoms with Gasteiger partial charge in [0.25, 0.3) is 5.91 Å². The summed E-state index contributed by atoms with van der Waals surface area (Å²) in [6.07, 6.45) is -4.34. The quantitative estimate of drug-likeness (QED) is 0.607. The number of carbonyl (C=O) groups is 1. The summed E-state index contributed by atoms with van der Waals surface area (Å²) in [5, 5.41) is 5.77. The number of guanidine groups is 1. The number of benzene rings is 2. The SMILES string of the molecule is CN=C(NCc1ccc(C(=O)NC)cc1)N(C)Cc1ccc(C(F)(F)F)cc1. The zero-order valence-corrected chi connectivity index (χ0v) is 16.0. The highest BCUT2D eigenvalue weighted by atomic mass is 19.4. The smallest absolute Gasteiger partial charge is 0.355 e. The van der Waals surface area contributed by atoms with Gasteiger partial charge in [-0.1, -0.05) is 24.3 Å². The van der Waals surface area contributed by atoms with Gasteiger partial charge < -0.3 is 15.5 Å². The minimum atomic E-state index is -4.34. The minimum absolute atomic E-state index is 0.147. The fraction of sp³-hybridized carbons (Fsp3) is 0.300. The number of hydrogen-bond acceptors (Lipinski definition) is 2. The molecule has 0 saturated heterocycles. The van der Waals surface area contributed by atoms with Gasteiger partial charge in [0.2, 0.25) is 0 Å². The molecule has 0 bridgehead atoms. The molecule has 28 heavy (non-hydrogen) atoms. The number of halogens is 3. The van der Waals surface area contributed by atoms with Crippen molar-refractivity contribution in [3.05, 3.63) is 70.8 Å². The van der Waals surface area contributed by atoms with Crippen LogP contribution in [-0.2, 0) is 19.3 Å². The van der Waals surface area contributed by atoms with Gasteiger partial charge in [-0.25, -0.2) is 0 Å². The van der Waals surface area contributed by atoms with Crippen molar-refractivity contribution in [1.29, 1.82) is 0 Å². The molecular weight excluding hydrogens is 369 g/mol. The Morgan fingerprint density at radius 1 is 1.04 bits per heavy atom. The van der Waals surface area contributed by atoms with E-state index >= 15 is 0 Å². The highest BCUT2D eigenvalue weighted by molar-refractivity contribution is 5.93. The van der Waals surface area contributed by atoms with E-state index in [9.17, 15) is 18.0 Å². The van der Waals surface area contributed by atoms with E-state index in [4.69, 9.17) is 0 Å². The molecule has 0 saturated carbocycles. The first-order valence-corrected chi connectivity index (χ1v) is 8.63. The third kappa shape index (κ3) is 5.73. The molecule has 0 unspecified atom stereocenters. The van der Waals surface area contributed by atoms with Gasteiger partial charge in [0.1, 0.15) is 0 Å². The van der Waals surface area contributed by atoms with E-state index in [1.54, 1.807) is 26.2 Å². The van der Waals surface area contributed by atoms with Crippen LogP contribution in [0.4, 0.5) is 13.2 Å². The summed E-state index contributed by atoms with van der Waals surface area (Å²) in [5.41, 5.74) is 1.63.